The van der Waals surface area contributed by atoms with Gasteiger partial charge in [0.1, 0.15) is 0 Å². The van der Waals surface area contributed by atoms with Crippen LogP contribution in [0.4, 0.5) is 11.4 Å². The summed E-state index contributed by atoms with van der Waals surface area (Å²) >= 11 is 1.40. The van der Waals surface area contributed by atoms with Crippen molar-refractivity contribution in [2.45, 2.75) is 18.2 Å². The van der Waals surface area contributed by atoms with E-state index in [0.717, 1.165) is 22.6 Å². The molecule has 1 heterocycles. The first kappa shape index (κ1) is 21.8. The largest absolute Gasteiger partial charge is 0.490 e. The molecule has 7 heteroatoms. The Morgan fingerprint density at radius 3 is 2.56 bits per heavy atom. The van der Waals surface area contributed by atoms with E-state index in [9.17, 15) is 9.59 Å². The predicted octanol–water partition coefficient (Wildman–Crippen LogP) is 5.14. The third kappa shape index (κ3) is 5.62. The van der Waals surface area contributed by atoms with Crippen molar-refractivity contribution in [3.63, 3.8) is 0 Å². The maximum atomic E-state index is 12.8. The Morgan fingerprint density at radius 2 is 1.72 bits per heavy atom. The van der Waals surface area contributed by atoms with Gasteiger partial charge in [0.15, 0.2) is 11.5 Å². The van der Waals surface area contributed by atoms with Gasteiger partial charge < -0.3 is 20.1 Å². The lowest BCUT2D eigenvalue weighted by Crippen LogP contribution is -2.19. The molecule has 3 aromatic rings. The maximum absolute atomic E-state index is 12.8. The fourth-order valence-electron chi connectivity index (χ4n) is 3.28. The monoisotopic (exact) mass is 448 g/mol. The summed E-state index contributed by atoms with van der Waals surface area (Å²) in [5.74, 6) is 1.16. The van der Waals surface area contributed by atoms with Gasteiger partial charge in [-0.1, -0.05) is 24.3 Å². The number of rotatable bonds is 6. The molecule has 0 fully saturated rings. The van der Waals surface area contributed by atoms with Crippen molar-refractivity contribution in [2.75, 3.05) is 29.6 Å². The second-order valence-corrected chi connectivity index (χ2v) is 8.41. The molecule has 0 spiro atoms. The number of thioether (sulfide) groups is 1. The zero-order chi connectivity index (χ0) is 22.3. The molecule has 0 aromatic heterocycles. The number of benzene rings is 3. The summed E-state index contributed by atoms with van der Waals surface area (Å²) < 4.78 is 11.3. The molecule has 0 atom stereocenters. The van der Waals surface area contributed by atoms with Crippen LogP contribution >= 0.6 is 11.8 Å². The van der Waals surface area contributed by atoms with Crippen molar-refractivity contribution in [1.82, 2.24) is 0 Å². The van der Waals surface area contributed by atoms with E-state index in [1.54, 1.807) is 24.3 Å². The molecule has 0 saturated carbocycles. The molecule has 1 aliphatic heterocycles. The van der Waals surface area contributed by atoms with Gasteiger partial charge >= 0.3 is 0 Å². The van der Waals surface area contributed by atoms with E-state index in [-0.39, 0.29) is 17.6 Å². The molecule has 4 rings (SSSR count). The van der Waals surface area contributed by atoms with E-state index >= 15 is 0 Å². The number of anilines is 2. The second-order valence-electron chi connectivity index (χ2n) is 7.37. The standard InChI is InChI=1S/C25H24N2O4S/c1-17-6-4-7-18(14-17)26-25(29)20-8-2-3-9-21(20)27-24(28)16-32-19-10-11-22-23(15-19)31-13-5-12-30-22/h2-4,6-11,14-15H,5,12-13,16H2,1H3,(H,26,29)(H,27,28). The SMILES string of the molecule is Cc1cccc(NC(=O)c2ccccc2NC(=O)CSc2ccc3c(c2)OCCCO3)c1. The van der Waals surface area contributed by atoms with Crippen molar-refractivity contribution in [2.24, 2.45) is 0 Å². The van der Waals surface area contributed by atoms with Crippen LogP contribution < -0.4 is 20.1 Å². The van der Waals surface area contributed by atoms with Crippen LogP contribution in [0.3, 0.4) is 0 Å². The van der Waals surface area contributed by atoms with Crippen LogP contribution in [-0.4, -0.2) is 30.8 Å². The normalized spacial score (nSPS) is 12.5. The Balaban J connectivity index is 1.38. The quantitative estimate of drug-likeness (QED) is 0.511. The number of nitrogens with one attached hydrogen (secondary N) is 2. The highest BCUT2D eigenvalue weighted by Gasteiger charge is 2.15. The molecule has 0 saturated heterocycles. The van der Waals surface area contributed by atoms with Crippen LogP contribution in [0, 0.1) is 6.92 Å². The minimum absolute atomic E-state index is 0.196. The summed E-state index contributed by atoms with van der Waals surface area (Å²) in [6, 6.07) is 20.2. The summed E-state index contributed by atoms with van der Waals surface area (Å²) in [4.78, 5) is 26.3. The number of aryl methyl sites for hydroxylation is 1. The minimum atomic E-state index is -0.276. The van der Waals surface area contributed by atoms with Crippen molar-refractivity contribution in [1.29, 1.82) is 0 Å². The van der Waals surface area contributed by atoms with Gasteiger partial charge in [-0.15, -0.1) is 11.8 Å². The lowest BCUT2D eigenvalue weighted by molar-refractivity contribution is -0.113. The average Bonchev–Trinajstić information content (AvgIpc) is 3.03. The summed E-state index contributed by atoms with van der Waals surface area (Å²) in [6.07, 6.45) is 0.844. The highest BCUT2D eigenvalue weighted by Crippen LogP contribution is 2.34. The Kier molecular flexibility index (Phi) is 6.97. The number of carbonyl (C=O) groups is 2. The molecule has 0 bridgehead atoms. The summed E-state index contributed by atoms with van der Waals surface area (Å²) in [6.45, 7) is 3.21. The smallest absolute Gasteiger partial charge is 0.257 e. The number of amides is 2. The molecule has 164 valence electrons. The third-order valence-corrected chi connectivity index (χ3v) is 5.80. The third-order valence-electron chi connectivity index (χ3n) is 4.81. The van der Waals surface area contributed by atoms with Gasteiger partial charge in [0.05, 0.1) is 30.2 Å². The summed E-state index contributed by atoms with van der Waals surface area (Å²) in [7, 11) is 0. The Morgan fingerprint density at radius 1 is 0.906 bits per heavy atom. The second kappa shape index (κ2) is 10.2. The van der Waals surface area contributed by atoms with Crippen LogP contribution in [0.15, 0.2) is 71.6 Å². The van der Waals surface area contributed by atoms with E-state index in [0.29, 0.717) is 35.9 Å². The molecule has 32 heavy (non-hydrogen) atoms. The fraction of sp³-hybridized carbons (Fsp3) is 0.200. The number of carbonyl (C=O) groups excluding carboxylic acids is 2. The first-order valence-electron chi connectivity index (χ1n) is 10.4. The van der Waals surface area contributed by atoms with Crippen LogP contribution in [-0.2, 0) is 4.79 Å². The van der Waals surface area contributed by atoms with Crippen LogP contribution in [0.5, 0.6) is 11.5 Å². The predicted molar refractivity (Wildman–Crippen MR) is 127 cm³/mol. The molecule has 1 aliphatic rings. The minimum Gasteiger partial charge on any atom is -0.490 e. The topological polar surface area (TPSA) is 76.7 Å². The zero-order valence-electron chi connectivity index (χ0n) is 17.7. The van der Waals surface area contributed by atoms with Gasteiger partial charge in [0.25, 0.3) is 5.91 Å². The van der Waals surface area contributed by atoms with E-state index in [2.05, 4.69) is 10.6 Å². The molecule has 0 radical (unpaired) electrons. The molecule has 0 unspecified atom stereocenters. The number of ether oxygens (including phenoxy) is 2. The Bertz CT molecular complexity index is 1130. The number of para-hydroxylation sites is 1. The summed E-state index contributed by atoms with van der Waals surface area (Å²) in [5, 5.41) is 5.74. The Labute approximate surface area is 191 Å². The van der Waals surface area contributed by atoms with Crippen molar-refractivity contribution >= 4 is 35.0 Å². The van der Waals surface area contributed by atoms with Gasteiger partial charge in [-0.25, -0.2) is 0 Å². The first-order chi connectivity index (χ1) is 15.6. The van der Waals surface area contributed by atoms with Crippen LogP contribution in [0.1, 0.15) is 22.3 Å². The lowest BCUT2D eigenvalue weighted by atomic mass is 10.1. The highest BCUT2D eigenvalue weighted by molar-refractivity contribution is 8.00. The van der Waals surface area contributed by atoms with Gasteiger partial charge in [0.2, 0.25) is 5.91 Å². The van der Waals surface area contributed by atoms with E-state index < -0.39 is 0 Å². The first-order valence-corrected chi connectivity index (χ1v) is 11.4. The molecule has 6 nitrogen and oxygen atoms in total. The number of hydrogen-bond acceptors (Lipinski definition) is 5. The van der Waals surface area contributed by atoms with Crippen LogP contribution in [0.25, 0.3) is 0 Å². The molecule has 3 aromatic carbocycles. The van der Waals surface area contributed by atoms with Gasteiger partial charge in [-0.05, 0) is 55.0 Å². The van der Waals surface area contributed by atoms with E-state index in [1.165, 1.54) is 11.8 Å². The van der Waals surface area contributed by atoms with E-state index in [4.69, 9.17) is 9.47 Å². The molecule has 0 aliphatic carbocycles. The van der Waals surface area contributed by atoms with Crippen molar-refractivity contribution in [3.05, 3.63) is 77.9 Å². The number of fused-ring (bicyclic) bond motifs is 1. The molecule has 2 N–H and O–H groups in total. The van der Waals surface area contributed by atoms with Gasteiger partial charge in [-0.2, -0.15) is 0 Å². The van der Waals surface area contributed by atoms with Crippen LogP contribution in [0.2, 0.25) is 0 Å². The lowest BCUT2D eigenvalue weighted by Gasteiger charge is -2.12. The fourth-order valence-corrected chi connectivity index (χ4v) is 4.00. The summed E-state index contributed by atoms with van der Waals surface area (Å²) in [5.41, 5.74) is 2.64. The Hall–Kier alpha value is -3.45. The maximum Gasteiger partial charge on any atom is 0.257 e. The number of hydrogen-bond donors (Lipinski definition) is 2. The zero-order valence-corrected chi connectivity index (χ0v) is 18.5. The molecular formula is C25H24N2O4S. The van der Waals surface area contributed by atoms with E-state index in [1.807, 2.05) is 49.4 Å². The molecular weight excluding hydrogens is 424 g/mol. The highest BCUT2D eigenvalue weighted by atomic mass is 32.2. The van der Waals surface area contributed by atoms with Crippen molar-refractivity contribution in [3.8, 4) is 11.5 Å². The average molecular weight is 449 g/mol. The molecule has 2 amide bonds. The van der Waals surface area contributed by atoms with Gasteiger partial charge in [-0.3, -0.25) is 9.59 Å². The van der Waals surface area contributed by atoms with Gasteiger partial charge in [0, 0.05) is 17.0 Å². The van der Waals surface area contributed by atoms with Crippen molar-refractivity contribution < 1.29 is 19.1 Å².